The molecule has 0 amide bonds. The Labute approximate surface area is 238 Å². The molecule has 40 heavy (non-hydrogen) atoms. The average Bonchev–Trinajstić information content (AvgIpc) is 3.17. The molecule has 0 bridgehead atoms. The van der Waals surface area contributed by atoms with Crippen LogP contribution in [0.2, 0.25) is 25.7 Å². The first kappa shape index (κ1) is 31.3. The summed E-state index contributed by atoms with van der Waals surface area (Å²) in [6.45, 7) is 18.8. The van der Waals surface area contributed by atoms with E-state index in [-0.39, 0.29) is 13.2 Å². The van der Waals surface area contributed by atoms with Gasteiger partial charge in [0, 0.05) is 32.6 Å². The van der Waals surface area contributed by atoms with Gasteiger partial charge in [-0.15, -0.1) is 0 Å². The molecule has 0 spiro atoms. The van der Waals surface area contributed by atoms with Crippen molar-refractivity contribution < 1.29 is 48.2 Å². The second-order valence-corrected chi connectivity index (χ2v) is 19.3. The van der Waals surface area contributed by atoms with E-state index in [1.165, 1.54) is 6.92 Å². The number of hydrogen-bond donors (Lipinski definition) is 2. The summed E-state index contributed by atoms with van der Waals surface area (Å²) in [5.74, 6) is -3.29. The minimum atomic E-state index is -1.95. The van der Waals surface area contributed by atoms with Gasteiger partial charge >= 0.3 is 11.9 Å². The zero-order valence-electron chi connectivity index (χ0n) is 25.5. The first-order chi connectivity index (χ1) is 18.3. The molecule has 11 heteroatoms. The molecule has 0 unspecified atom stereocenters. The normalized spacial score (nSPS) is 40.9. The molecule has 10 nitrogen and oxygen atoms in total. The van der Waals surface area contributed by atoms with Crippen molar-refractivity contribution in [3.63, 3.8) is 0 Å². The van der Waals surface area contributed by atoms with Crippen molar-refractivity contribution in [3.8, 4) is 0 Å². The molecule has 0 aromatic rings. The fraction of sp³-hybridized carbons (Fsp3) is 0.793. The molecule has 2 saturated heterocycles. The molecule has 0 aromatic carbocycles. The van der Waals surface area contributed by atoms with Crippen molar-refractivity contribution in [1.29, 1.82) is 0 Å². The molecule has 0 radical (unpaired) electrons. The average molecular weight is 583 g/mol. The number of fused-ring (bicyclic) bond motifs is 2. The van der Waals surface area contributed by atoms with Crippen LogP contribution < -0.4 is 0 Å². The van der Waals surface area contributed by atoms with Gasteiger partial charge in [-0.1, -0.05) is 25.7 Å². The van der Waals surface area contributed by atoms with Gasteiger partial charge in [0.1, 0.15) is 12.9 Å². The van der Waals surface area contributed by atoms with Crippen LogP contribution in [0.5, 0.6) is 0 Å². The lowest BCUT2D eigenvalue weighted by Gasteiger charge is -2.52. The molecule has 2 heterocycles. The van der Waals surface area contributed by atoms with E-state index in [0.717, 1.165) is 6.04 Å². The predicted molar refractivity (Wildman–Crippen MR) is 148 cm³/mol. The molecule has 2 aliphatic carbocycles. The lowest BCUT2D eigenvalue weighted by atomic mass is 9.74. The van der Waals surface area contributed by atoms with Crippen molar-refractivity contribution >= 4 is 20.0 Å². The maximum absolute atomic E-state index is 13.3. The summed E-state index contributed by atoms with van der Waals surface area (Å²) in [6, 6.07) is 0.946. The highest BCUT2D eigenvalue weighted by molar-refractivity contribution is 6.76. The summed E-state index contributed by atoms with van der Waals surface area (Å²) in [4.78, 5) is 26.3. The number of esters is 2. The Kier molecular flexibility index (Phi) is 8.06. The van der Waals surface area contributed by atoms with Crippen molar-refractivity contribution in [2.24, 2.45) is 5.92 Å². The lowest BCUT2D eigenvalue weighted by molar-refractivity contribution is -0.382. The van der Waals surface area contributed by atoms with E-state index in [2.05, 4.69) is 19.6 Å². The van der Waals surface area contributed by atoms with Gasteiger partial charge in [-0.25, -0.2) is 9.59 Å². The SMILES string of the molecule is C/C=C(/C)C(=O)O[C@H]1C(C)=C2[C@H]([C@@H]1OCOCC[Si](C)(C)C)[C@@](C)(O)C[C@@H]1OC(C)(C)O[C@]3(C)C(=O)O[C@@H]2[C@]13O. The van der Waals surface area contributed by atoms with Gasteiger partial charge in [0.25, 0.3) is 0 Å². The van der Waals surface area contributed by atoms with Crippen LogP contribution in [0.25, 0.3) is 0 Å². The summed E-state index contributed by atoms with van der Waals surface area (Å²) in [6.07, 6.45) is -2.39. The van der Waals surface area contributed by atoms with Crippen LogP contribution in [-0.4, -0.2) is 90.6 Å². The second-order valence-electron chi connectivity index (χ2n) is 13.7. The molecular formula is C29H46O10Si. The molecule has 0 aromatic heterocycles. The molecule has 4 aliphatic rings. The first-order valence-electron chi connectivity index (χ1n) is 14.1. The zero-order valence-corrected chi connectivity index (χ0v) is 26.5. The van der Waals surface area contributed by atoms with E-state index in [9.17, 15) is 19.8 Å². The van der Waals surface area contributed by atoms with Crippen molar-refractivity contribution in [2.75, 3.05) is 13.4 Å². The van der Waals surface area contributed by atoms with E-state index >= 15 is 0 Å². The summed E-state index contributed by atoms with van der Waals surface area (Å²) < 4.78 is 36.1. The molecule has 226 valence electrons. The van der Waals surface area contributed by atoms with Crippen LogP contribution in [0.3, 0.4) is 0 Å². The molecule has 2 aliphatic heterocycles. The number of carbonyl (C=O) groups excluding carboxylic acids is 2. The van der Waals surface area contributed by atoms with Gasteiger partial charge in [0.05, 0.1) is 11.7 Å². The molecular weight excluding hydrogens is 536 g/mol. The second kappa shape index (κ2) is 10.3. The first-order valence-corrected chi connectivity index (χ1v) is 17.8. The molecule has 3 fully saturated rings. The third kappa shape index (κ3) is 5.12. The van der Waals surface area contributed by atoms with Gasteiger partial charge in [0.15, 0.2) is 23.6 Å². The van der Waals surface area contributed by atoms with Gasteiger partial charge in [0.2, 0.25) is 5.60 Å². The topological polar surface area (TPSA) is 130 Å². The Morgan fingerprint density at radius 2 is 1.82 bits per heavy atom. The predicted octanol–water partition coefficient (Wildman–Crippen LogP) is 3.23. The Bertz CT molecular complexity index is 1100. The zero-order chi connectivity index (χ0) is 30.1. The van der Waals surface area contributed by atoms with E-state index in [1.807, 2.05) is 0 Å². The highest BCUT2D eigenvalue weighted by Gasteiger charge is 2.78. The Morgan fingerprint density at radius 1 is 1.18 bits per heavy atom. The quantitative estimate of drug-likeness (QED) is 0.110. The Hall–Kier alpha value is -1.60. The lowest BCUT2D eigenvalue weighted by Crippen LogP contribution is -2.72. The standard InChI is InChI=1S/C29H46O10Si/c1-11-16(2)24(30)36-21-17(3)19-20(22(21)35-15-34-12-13-40(8,9)10)27(6,32)14-18-29(33)23(19)37-25(31)28(29,7)39-26(4,5)38-18/h11,18,20-23,32-33H,12-15H2,1-10H3/b16-11-/t18-,20+,21-,22-,23-,27-,28+,29+/m0/s1. The van der Waals surface area contributed by atoms with Crippen LogP contribution in [0.15, 0.2) is 22.8 Å². The third-order valence-electron chi connectivity index (χ3n) is 8.87. The van der Waals surface area contributed by atoms with Gasteiger partial charge in [-0.3, -0.25) is 0 Å². The number of ether oxygens (including phenoxy) is 6. The minimum absolute atomic E-state index is 0.0502. The van der Waals surface area contributed by atoms with Gasteiger partial charge in [-0.05, 0) is 65.7 Å². The monoisotopic (exact) mass is 582 g/mol. The summed E-state index contributed by atoms with van der Waals surface area (Å²) in [5.41, 5.74) is -3.82. The van der Waals surface area contributed by atoms with E-state index in [0.29, 0.717) is 23.3 Å². The van der Waals surface area contributed by atoms with Gasteiger partial charge in [-0.2, -0.15) is 0 Å². The van der Waals surface area contributed by atoms with Crippen molar-refractivity contribution in [3.05, 3.63) is 22.8 Å². The summed E-state index contributed by atoms with van der Waals surface area (Å²) in [5, 5.41) is 24.4. The van der Waals surface area contributed by atoms with E-state index in [4.69, 9.17) is 28.4 Å². The highest BCUT2D eigenvalue weighted by Crippen LogP contribution is 2.59. The smallest absolute Gasteiger partial charge is 0.342 e. The highest BCUT2D eigenvalue weighted by atomic mass is 28.3. The number of aliphatic hydroxyl groups is 2. The Balaban J connectivity index is 1.77. The Morgan fingerprint density at radius 3 is 2.42 bits per heavy atom. The molecule has 8 atom stereocenters. The minimum Gasteiger partial charge on any atom is -0.452 e. The van der Waals surface area contributed by atoms with Gasteiger partial charge < -0.3 is 38.6 Å². The van der Waals surface area contributed by atoms with Crippen LogP contribution in [0, 0.1) is 5.92 Å². The summed E-state index contributed by atoms with van der Waals surface area (Å²) in [7, 11) is -1.33. The molecule has 4 rings (SSSR count). The van der Waals surface area contributed by atoms with Crippen LogP contribution in [0.4, 0.5) is 0 Å². The third-order valence-corrected chi connectivity index (χ3v) is 10.6. The maximum atomic E-state index is 13.3. The largest absolute Gasteiger partial charge is 0.452 e. The number of hydrogen-bond acceptors (Lipinski definition) is 10. The molecule has 1 saturated carbocycles. The fourth-order valence-electron chi connectivity index (χ4n) is 6.57. The van der Waals surface area contributed by atoms with E-state index < -0.39 is 72.9 Å². The van der Waals surface area contributed by atoms with Crippen LogP contribution in [0.1, 0.15) is 54.9 Å². The van der Waals surface area contributed by atoms with Crippen molar-refractivity contribution in [1.82, 2.24) is 0 Å². The van der Waals surface area contributed by atoms with E-state index in [1.54, 1.807) is 47.6 Å². The number of carbonyl (C=O) groups is 2. The van der Waals surface area contributed by atoms with Crippen LogP contribution >= 0.6 is 0 Å². The summed E-state index contributed by atoms with van der Waals surface area (Å²) >= 11 is 0. The maximum Gasteiger partial charge on any atom is 0.342 e. The van der Waals surface area contributed by atoms with Crippen molar-refractivity contribution in [2.45, 2.75) is 128 Å². The number of allylic oxidation sites excluding steroid dienone is 1. The fourth-order valence-corrected chi connectivity index (χ4v) is 7.32. The number of rotatable bonds is 8. The van der Waals surface area contributed by atoms with Crippen LogP contribution in [-0.2, 0) is 38.0 Å². The molecule has 2 N–H and O–H groups in total.